The number of carbonyl (C=O) groups is 2. The molecule has 1 saturated heterocycles. The maximum Gasteiger partial charge on any atom is 0.265 e. The second-order valence-electron chi connectivity index (χ2n) is 6.57. The topological polar surface area (TPSA) is 58.6 Å². The fourth-order valence-electron chi connectivity index (χ4n) is 3.10. The highest BCUT2D eigenvalue weighted by atomic mass is 16.5. The minimum atomic E-state index is -0.610. The second kappa shape index (κ2) is 8.04. The standard InChI is InChI=1S/C21H24N2O3/c1-15-14-17(11-12-19(15)23-13-7-6-10-20(23)24)22-21(25)16(2)26-18-8-4-3-5-9-18/h3-5,8-9,11-12,14,16H,6-7,10,13H2,1-2H3,(H,22,25). The van der Waals surface area contributed by atoms with E-state index in [-0.39, 0.29) is 11.8 Å². The van der Waals surface area contributed by atoms with E-state index in [2.05, 4.69) is 5.32 Å². The molecule has 0 saturated carbocycles. The molecule has 1 heterocycles. The number of hydrogen-bond donors (Lipinski definition) is 1. The van der Waals surface area contributed by atoms with Crippen LogP contribution < -0.4 is 15.0 Å². The Balaban J connectivity index is 1.65. The van der Waals surface area contributed by atoms with Crippen LogP contribution in [-0.2, 0) is 9.59 Å². The molecule has 0 aliphatic carbocycles. The first-order valence-electron chi connectivity index (χ1n) is 8.98. The van der Waals surface area contributed by atoms with Crippen LogP contribution in [0.1, 0.15) is 31.7 Å². The van der Waals surface area contributed by atoms with E-state index in [0.29, 0.717) is 17.9 Å². The van der Waals surface area contributed by atoms with Crippen molar-refractivity contribution in [2.45, 2.75) is 39.2 Å². The number of aryl methyl sites for hydroxylation is 1. The number of rotatable bonds is 5. The molecule has 2 aromatic carbocycles. The van der Waals surface area contributed by atoms with Crippen molar-refractivity contribution in [2.24, 2.45) is 0 Å². The molecule has 1 aliphatic rings. The molecule has 0 bridgehead atoms. The first kappa shape index (κ1) is 18.0. The molecule has 136 valence electrons. The lowest BCUT2D eigenvalue weighted by atomic mass is 10.1. The van der Waals surface area contributed by atoms with Crippen molar-refractivity contribution in [3.8, 4) is 5.75 Å². The molecule has 0 aromatic heterocycles. The minimum absolute atomic E-state index is 0.168. The Morgan fingerprint density at radius 1 is 1.15 bits per heavy atom. The fraction of sp³-hybridized carbons (Fsp3) is 0.333. The highest BCUT2D eigenvalue weighted by Gasteiger charge is 2.21. The molecule has 1 aliphatic heterocycles. The Hall–Kier alpha value is -2.82. The zero-order valence-corrected chi connectivity index (χ0v) is 15.2. The van der Waals surface area contributed by atoms with Crippen LogP contribution in [0.25, 0.3) is 0 Å². The third-order valence-corrected chi connectivity index (χ3v) is 4.50. The predicted octanol–water partition coefficient (Wildman–Crippen LogP) is 3.92. The quantitative estimate of drug-likeness (QED) is 0.887. The average Bonchev–Trinajstić information content (AvgIpc) is 2.63. The SMILES string of the molecule is Cc1cc(NC(=O)C(C)Oc2ccccc2)ccc1N1CCCCC1=O. The van der Waals surface area contributed by atoms with Crippen molar-refractivity contribution in [1.82, 2.24) is 0 Å². The lowest BCUT2D eigenvalue weighted by Gasteiger charge is -2.28. The number of anilines is 2. The number of para-hydroxylation sites is 1. The van der Waals surface area contributed by atoms with Gasteiger partial charge in [-0.15, -0.1) is 0 Å². The molecule has 5 heteroatoms. The molecule has 0 spiro atoms. The molecule has 3 rings (SSSR count). The molecular formula is C21H24N2O3. The van der Waals surface area contributed by atoms with E-state index in [1.165, 1.54) is 0 Å². The average molecular weight is 352 g/mol. The number of nitrogens with one attached hydrogen (secondary N) is 1. The number of ether oxygens (including phenoxy) is 1. The number of piperidine rings is 1. The minimum Gasteiger partial charge on any atom is -0.481 e. The molecule has 0 radical (unpaired) electrons. The summed E-state index contributed by atoms with van der Waals surface area (Å²) in [6.45, 7) is 4.43. The Kier molecular flexibility index (Phi) is 5.56. The van der Waals surface area contributed by atoms with Gasteiger partial charge in [0.25, 0.3) is 5.91 Å². The number of benzene rings is 2. The van der Waals surface area contributed by atoms with Crippen molar-refractivity contribution in [3.05, 3.63) is 54.1 Å². The number of hydrogen-bond acceptors (Lipinski definition) is 3. The lowest BCUT2D eigenvalue weighted by Crippen LogP contribution is -2.35. The highest BCUT2D eigenvalue weighted by molar-refractivity contribution is 5.97. The third-order valence-electron chi connectivity index (χ3n) is 4.50. The molecule has 1 unspecified atom stereocenters. The van der Waals surface area contributed by atoms with Crippen molar-refractivity contribution in [1.29, 1.82) is 0 Å². The van der Waals surface area contributed by atoms with Gasteiger partial charge in [-0.2, -0.15) is 0 Å². The van der Waals surface area contributed by atoms with Gasteiger partial charge in [0.2, 0.25) is 5.91 Å². The van der Waals surface area contributed by atoms with E-state index in [1.807, 2.05) is 60.4 Å². The highest BCUT2D eigenvalue weighted by Crippen LogP contribution is 2.27. The number of carbonyl (C=O) groups excluding carboxylic acids is 2. The largest absolute Gasteiger partial charge is 0.481 e. The molecule has 5 nitrogen and oxygen atoms in total. The monoisotopic (exact) mass is 352 g/mol. The van der Waals surface area contributed by atoms with Crippen LogP contribution in [0.3, 0.4) is 0 Å². The third kappa shape index (κ3) is 4.23. The van der Waals surface area contributed by atoms with Crippen LogP contribution in [0.4, 0.5) is 11.4 Å². The van der Waals surface area contributed by atoms with Gasteiger partial charge in [0, 0.05) is 24.3 Å². The van der Waals surface area contributed by atoms with Crippen molar-refractivity contribution in [2.75, 3.05) is 16.8 Å². The van der Waals surface area contributed by atoms with E-state index < -0.39 is 6.10 Å². The summed E-state index contributed by atoms with van der Waals surface area (Å²) in [6, 6.07) is 14.9. The van der Waals surface area contributed by atoms with Crippen molar-refractivity contribution >= 4 is 23.2 Å². The summed E-state index contributed by atoms with van der Waals surface area (Å²) >= 11 is 0. The van der Waals surface area contributed by atoms with E-state index in [9.17, 15) is 9.59 Å². The van der Waals surface area contributed by atoms with Gasteiger partial charge in [-0.25, -0.2) is 0 Å². The first-order valence-corrected chi connectivity index (χ1v) is 8.98. The number of amides is 2. The Labute approximate surface area is 154 Å². The molecule has 2 amide bonds. The molecule has 1 fully saturated rings. The van der Waals surface area contributed by atoms with Gasteiger partial charge in [-0.05, 0) is 62.6 Å². The van der Waals surface area contributed by atoms with Gasteiger partial charge >= 0.3 is 0 Å². The Morgan fingerprint density at radius 3 is 2.62 bits per heavy atom. The van der Waals surface area contributed by atoms with Crippen molar-refractivity contribution in [3.63, 3.8) is 0 Å². The lowest BCUT2D eigenvalue weighted by molar-refractivity contribution is -0.122. The van der Waals surface area contributed by atoms with E-state index in [4.69, 9.17) is 4.74 Å². The van der Waals surface area contributed by atoms with Crippen LogP contribution in [0, 0.1) is 6.92 Å². The second-order valence-corrected chi connectivity index (χ2v) is 6.57. The predicted molar refractivity (Wildman–Crippen MR) is 103 cm³/mol. The summed E-state index contributed by atoms with van der Waals surface area (Å²) in [5.41, 5.74) is 2.58. The van der Waals surface area contributed by atoms with Crippen LogP contribution in [0.2, 0.25) is 0 Å². The van der Waals surface area contributed by atoms with Crippen LogP contribution in [0.15, 0.2) is 48.5 Å². The maximum absolute atomic E-state index is 12.4. The summed E-state index contributed by atoms with van der Waals surface area (Å²) in [5.74, 6) is 0.612. The van der Waals surface area contributed by atoms with E-state index >= 15 is 0 Å². The van der Waals surface area contributed by atoms with Gasteiger partial charge in [-0.3, -0.25) is 9.59 Å². The normalized spacial score (nSPS) is 15.5. The molecule has 2 aromatic rings. The molecule has 26 heavy (non-hydrogen) atoms. The first-order chi connectivity index (χ1) is 12.5. The Morgan fingerprint density at radius 2 is 1.92 bits per heavy atom. The van der Waals surface area contributed by atoms with Gasteiger partial charge in [0.15, 0.2) is 6.10 Å². The molecular weight excluding hydrogens is 328 g/mol. The fourth-order valence-corrected chi connectivity index (χ4v) is 3.10. The van der Waals surface area contributed by atoms with Crippen molar-refractivity contribution < 1.29 is 14.3 Å². The molecule has 1 N–H and O–H groups in total. The Bertz CT molecular complexity index is 789. The maximum atomic E-state index is 12.4. The zero-order chi connectivity index (χ0) is 18.5. The summed E-state index contributed by atoms with van der Waals surface area (Å²) in [7, 11) is 0. The summed E-state index contributed by atoms with van der Waals surface area (Å²) in [6.07, 6.45) is 1.98. The van der Waals surface area contributed by atoms with E-state index in [0.717, 1.165) is 30.6 Å². The van der Waals surface area contributed by atoms with Gasteiger partial charge in [0.1, 0.15) is 5.75 Å². The van der Waals surface area contributed by atoms with Gasteiger partial charge in [-0.1, -0.05) is 18.2 Å². The smallest absolute Gasteiger partial charge is 0.265 e. The zero-order valence-electron chi connectivity index (χ0n) is 15.2. The van der Waals surface area contributed by atoms with Gasteiger partial charge in [0.05, 0.1) is 0 Å². The summed E-state index contributed by atoms with van der Waals surface area (Å²) in [5, 5.41) is 2.88. The number of nitrogens with zero attached hydrogens (tertiary/aromatic N) is 1. The summed E-state index contributed by atoms with van der Waals surface area (Å²) < 4.78 is 5.65. The summed E-state index contributed by atoms with van der Waals surface area (Å²) in [4.78, 5) is 26.3. The van der Waals surface area contributed by atoms with Crippen LogP contribution in [-0.4, -0.2) is 24.5 Å². The van der Waals surface area contributed by atoms with Crippen LogP contribution >= 0.6 is 0 Å². The van der Waals surface area contributed by atoms with Crippen LogP contribution in [0.5, 0.6) is 5.75 Å². The van der Waals surface area contributed by atoms with Gasteiger partial charge < -0.3 is 15.0 Å². The molecule has 1 atom stereocenters. The van der Waals surface area contributed by atoms with E-state index in [1.54, 1.807) is 6.92 Å².